The normalized spacial score (nSPS) is 19.0. The molecule has 1 amide bonds. The lowest BCUT2D eigenvalue weighted by Crippen LogP contribution is -2.45. The molecule has 2 heterocycles. The van der Waals surface area contributed by atoms with Gasteiger partial charge < -0.3 is 9.32 Å². The van der Waals surface area contributed by atoms with Crippen molar-refractivity contribution < 1.29 is 22.6 Å². The number of carbonyl (C=O) groups is 1. The van der Waals surface area contributed by atoms with E-state index in [9.17, 15) is 23.3 Å². The first-order chi connectivity index (χ1) is 14.2. The molecule has 1 aromatic carbocycles. The van der Waals surface area contributed by atoms with Crippen LogP contribution in [0.15, 0.2) is 47.1 Å². The quantitative estimate of drug-likeness (QED) is 0.462. The number of rotatable bonds is 8. The highest BCUT2D eigenvalue weighted by Crippen LogP contribution is 2.25. The van der Waals surface area contributed by atoms with Crippen molar-refractivity contribution in [1.82, 2.24) is 9.80 Å². The van der Waals surface area contributed by atoms with Crippen molar-refractivity contribution in [1.29, 1.82) is 0 Å². The van der Waals surface area contributed by atoms with Gasteiger partial charge >= 0.3 is 0 Å². The van der Waals surface area contributed by atoms with Crippen LogP contribution in [0.5, 0.6) is 0 Å². The largest absolute Gasteiger partial charge is 0.467 e. The number of nitro benzene ring substituents is 1. The highest BCUT2D eigenvalue weighted by atomic mass is 32.2. The summed E-state index contributed by atoms with van der Waals surface area (Å²) in [5.74, 6) is 0.388. The summed E-state index contributed by atoms with van der Waals surface area (Å²) in [5, 5.41) is 11.0. The van der Waals surface area contributed by atoms with Gasteiger partial charge in [0.2, 0.25) is 5.91 Å². The Balaban J connectivity index is 1.74. The van der Waals surface area contributed by atoms with Gasteiger partial charge in [-0.05, 0) is 38.1 Å². The summed E-state index contributed by atoms with van der Waals surface area (Å²) in [6.07, 6.45) is 1.92. The van der Waals surface area contributed by atoms with E-state index in [1.807, 2.05) is 6.92 Å². The van der Waals surface area contributed by atoms with Gasteiger partial charge in [0.15, 0.2) is 9.84 Å². The number of amides is 1. The molecule has 0 bridgehead atoms. The summed E-state index contributed by atoms with van der Waals surface area (Å²) in [5.41, 5.74) is 0.718. The third-order valence-electron chi connectivity index (χ3n) is 5.49. The van der Waals surface area contributed by atoms with Gasteiger partial charge in [0.1, 0.15) is 5.76 Å². The number of furan rings is 1. The highest BCUT2D eigenvalue weighted by molar-refractivity contribution is 7.91. The lowest BCUT2D eigenvalue weighted by atomic mass is 10.1. The summed E-state index contributed by atoms with van der Waals surface area (Å²) in [4.78, 5) is 27.1. The molecule has 10 heteroatoms. The number of hydrogen-bond donors (Lipinski definition) is 0. The van der Waals surface area contributed by atoms with Gasteiger partial charge in [-0.2, -0.15) is 0 Å². The van der Waals surface area contributed by atoms with Crippen LogP contribution in [0.3, 0.4) is 0 Å². The minimum absolute atomic E-state index is 0.00492. The molecular formula is C20H25N3O6S. The summed E-state index contributed by atoms with van der Waals surface area (Å²) in [7, 11) is -1.39. The Kier molecular flexibility index (Phi) is 6.57. The minimum atomic E-state index is -3.16. The van der Waals surface area contributed by atoms with Crippen molar-refractivity contribution >= 4 is 21.4 Å². The Morgan fingerprint density at radius 3 is 2.70 bits per heavy atom. The van der Waals surface area contributed by atoms with Crippen molar-refractivity contribution in [2.75, 3.05) is 25.1 Å². The second kappa shape index (κ2) is 8.97. The number of nitrogens with zero attached hydrogens (tertiary/aromatic N) is 3. The van der Waals surface area contributed by atoms with Gasteiger partial charge in [-0.3, -0.25) is 19.8 Å². The molecule has 2 aromatic rings. The third-order valence-corrected chi connectivity index (χ3v) is 7.24. The van der Waals surface area contributed by atoms with Crippen LogP contribution in [0.25, 0.3) is 0 Å². The van der Waals surface area contributed by atoms with Crippen molar-refractivity contribution in [2.24, 2.45) is 0 Å². The second-order valence-electron chi connectivity index (χ2n) is 7.60. The maximum Gasteiger partial charge on any atom is 0.269 e. The van der Waals surface area contributed by atoms with E-state index in [1.165, 1.54) is 18.4 Å². The van der Waals surface area contributed by atoms with Crippen molar-refractivity contribution in [3.63, 3.8) is 0 Å². The molecule has 0 unspecified atom stereocenters. The molecule has 1 aliphatic heterocycles. The molecule has 1 aromatic heterocycles. The van der Waals surface area contributed by atoms with E-state index in [1.54, 1.807) is 41.1 Å². The third kappa shape index (κ3) is 5.25. The summed E-state index contributed by atoms with van der Waals surface area (Å²) >= 11 is 0. The number of hydrogen-bond acceptors (Lipinski definition) is 7. The van der Waals surface area contributed by atoms with Crippen LogP contribution >= 0.6 is 0 Å². The first kappa shape index (κ1) is 22.0. The molecule has 1 saturated heterocycles. The Bertz CT molecular complexity index is 1010. The molecule has 3 rings (SSSR count). The maximum atomic E-state index is 13.1. The number of non-ortho nitro benzene ring substituents is 1. The molecule has 0 spiro atoms. The molecule has 9 nitrogen and oxygen atoms in total. The predicted molar refractivity (Wildman–Crippen MR) is 110 cm³/mol. The molecule has 162 valence electrons. The number of carbonyl (C=O) groups excluding carboxylic acids is 1. The fraction of sp³-hybridized carbons (Fsp3) is 0.450. The first-order valence-electron chi connectivity index (χ1n) is 9.63. The molecule has 1 fully saturated rings. The Morgan fingerprint density at radius 2 is 2.10 bits per heavy atom. The van der Waals surface area contributed by atoms with E-state index in [-0.39, 0.29) is 42.2 Å². The zero-order valence-corrected chi connectivity index (χ0v) is 17.7. The van der Waals surface area contributed by atoms with Crippen LogP contribution in [0.4, 0.5) is 5.69 Å². The van der Waals surface area contributed by atoms with E-state index in [0.29, 0.717) is 12.2 Å². The molecular weight excluding hydrogens is 410 g/mol. The van der Waals surface area contributed by atoms with Gasteiger partial charge in [-0.15, -0.1) is 0 Å². The Hall–Kier alpha value is -2.72. The monoisotopic (exact) mass is 435 g/mol. The Labute approximate surface area is 175 Å². The number of likely N-dealkylation sites (N-methyl/N-ethyl adjacent to an activating group) is 1. The van der Waals surface area contributed by atoms with Crippen LogP contribution in [0, 0.1) is 10.1 Å². The fourth-order valence-electron chi connectivity index (χ4n) is 3.61. The molecule has 30 heavy (non-hydrogen) atoms. The van der Waals surface area contributed by atoms with Gasteiger partial charge in [0.05, 0.1) is 35.8 Å². The SMILES string of the molecule is C[C@@H](c1cccc([N+](=O)[O-])c1)N(C)CC(=O)N(Cc1ccco1)[C@@H]1CCS(=O)(=O)C1. The van der Waals surface area contributed by atoms with Crippen LogP contribution in [-0.4, -0.2) is 60.2 Å². The first-order valence-corrected chi connectivity index (χ1v) is 11.5. The zero-order valence-electron chi connectivity index (χ0n) is 16.9. The van der Waals surface area contributed by atoms with E-state index < -0.39 is 20.8 Å². The standard InChI is InChI=1S/C20H25N3O6S/c1-15(16-5-3-6-17(11-16)23(25)26)21(2)13-20(24)22(12-19-7-4-9-29-19)18-8-10-30(27,28)14-18/h3-7,9,11,15,18H,8,10,12-14H2,1-2H3/t15-,18+/m0/s1. The van der Waals surface area contributed by atoms with E-state index in [0.717, 1.165) is 5.56 Å². The van der Waals surface area contributed by atoms with Gasteiger partial charge in [0.25, 0.3) is 5.69 Å². The number of benzene rings is 1. The second-order valence-corrected chi connectivity index (χ2v) is 9.83. The summed E-state index contributed by atoms with van der Waals surface area (Å²) < 4.78 is 29.3. The topological polar surface area (TPSA) is 114 Å². The average molecular weight is 436 g/mol. The predicted octanol–water partition coefficient (Wildman–Crippen LogP) is 2.40. The fourth-order valence-corrected chi connectivity index (χ4v) is 5.34. The lowest BCUT2D eigenvalue weighted by molar-refractivity contribution is -0.384. The molecule has 0 N–H and O–H groups in total. The van der Waals surface area contributed by atoms with Crippen LogP contribution in [0.2, 0.25) is 0 Å². The van der Waals surface area contributed by atoms with Crippen LogP contribution < -0.4 is 0 Å². The molecule has 2 atom stereocenters. The summed E-state index contributed by atoms with van der Waals surface area (Å²) in [6.45, 7) is 2.11. The van der Waals surface area contributed by atoms with E-state index >= 15 is 0 Å². The molecule has 0 radical (unpaired) electrons. The number of nitro groups is 1. The smallest absolute Gasteiger partial charge is 0.269 e. The molecule has 0 saturated carbocycles. The minimum Gasteiger partial charge on any atom is -0.467 e. The zero-order chi connectivity index (χ0) is 21.9. The lowest BCUT2D eigenvalue weighted by Gasteiger charge is -2.31. The van der Waals surface area contributed by atoms with Crippen molar-refractivity contribution in [3.8, 4) is 0 Å². The van der Waals surface area contributed by atoms with Crippen molar-refractivity contribution in [2.45, 2.75) is 32.0 Å². The van der Waals surface area contributed by atoms with Crippen molar-refractivity contribution in [3.05, 3.63) is 64.1 Å². The average Bonchev–Trinajstić information content (AvgIpc) is 3.34. The van der Waals surface area contributed by atoms with Crippen LogP contribution in [-0.2, 0) is 21.2 Å². The Morgan fingerprint density at radius 1 is 1.33 bits per heavy atom. The molecule has 1 aliphatic rings. The number of sulfone groups is 1. The van der Waals surface area contributed by atoms with E-state index in [2.05, 4.69) is 0 Å². The van der Waals surface area contributed by atoms with Gasteiger partial charge in [0, 0.05) is 24.2 Å². The maximum absolute atomic E-state index is 13.1. The van der Waals surface area contributed by atoms with E-state index in [4.69, 9.17) is 4.42 Å². The van der Waals surface area contributed by atoms with Gasteiger partial charge in [-0.25, -0.2) is 8.42 Å². The van der Waals surface area contributed by atoms with Crippen LogP contribution in [0.1, 0.15) is 30.7 Å². The van der Waals surface area contributed by atoms with Gasteiger partial charge in [-0.1, -0.05) is 12.1 Å². The molecule has 0 aliphatic carbocycles. The summed E-state index contributed by atoms with van der Waals surface area (Å²) in [6, 6.07) is 9.15. The highest BCUT2D eigenvalue weighted by Gasteiger charge is 2.35.